The highest BCUT2D eigenvalue weighted by atomic mass is 16.5. The number of rotatable bonds is 5. The molecule has 0 saturated carbocycles. The van der Waals surface area contributed by atoms with Crippen LogP contribution in [0.2, 0.25) is 0 Å². The number of likely N-dealkylation sites (tertiary alicyclic amines) is 1. The average molecular weight is 338 g/mol. The van der Waals surface area contributed by atoms with Crippen LogP contribution in [0.25, 0.3) is 11.6 Å². The van der Waals surface area contributed by atoms with E-state index in [1.807, 2.05) is 29.2 Å². The van der Waals surface area contributed by atoms with Crippen molar-refractivity contribution >= 4 is 11.6 Å². The molecule has 1 amide bonds. The molecule has 4 rings (SSSR count). The van der Waals surface area contributed by atoms with Crippen LogP contribution in [0.1, 0.15) is 29.1 Å². The first-order chi connectivity index (χ1) is 12.3. The molecule has 1 aliphatic heterocycles. The fraction of sp³-hybridized carbons (Fsp3) is 0.278. The average Bonchev–Trinajstić information content (AvgIpc) is 3.42. The lowest BCUT2D eigenvalue weighted by atomic mass is 10.2. The molecule has 0 atom stereocenters. The maximum Gasteiger partial charge on any atom is 0.253 e. The Morgan fingerprint density at radius 1 is 1.16 bits per heavy atom. The van der Waals surface area contributed by atoms with Crippen LogP contribution in [0.5, 0.6) is 0 Å². The van der Waals surface area contributed by atoms with Gasteiger partial charge in [-0.05, 0) is 49.2 Å². The molecule has 0 radical (unpaired) electrons. The molecule has 0 spiro atoms. The Balaban J connectivity index is 1.36. The minimum absolute atomic E-state index is 0.101. The fourth-order valence-electron chi connectivity index (χ4n) is 2.84. The summed E-state index contributed by atoms with van der Waals surface area (Å²) in [5.41, 5.74) is 1.60. The lowest BCUT2D eigenvalue weighted by molar-refractivity contribution is 0.0793. The topological polar surface area (TPSA) is 84.4 Å². The van der Waals surface area contributed by atoms with Crippen LogP contribution < -0.4 is 5.32 Å². The monoisotopic (exact) mass is 338 g/mol. The number of furan rings is 1. The highest BCUT2D eigenvalue weighted by molar-refractivity contribution is 5.94. The molecular formula is C18H18N4O3. The molecule has 0 unspecified atom stereocenters. The molecule has 1 aromatic carbocycles. The Labute approximate surface area is 144 Å². The highest BCUT2D eigenvalue weighted by Gasteiger charge is 2.19. The summed E-state index contributed by atoms with van der Waals surface area (Å²) in [6, 6.07) is 11.0. The number of hydrogen-bond acceptors (Lipinski definition) is 6. The first kappa shape index (κ1) is 15.4. The third kappa shape index (κ3) is 3.40. The molecule has 3 aromatic rings. The predicted molar refractivity (Wildman–Crippen MR) is 90.9 cm³/mol. The SMILES string of the molecule is O=C(c1ccc(NCc2nc(-c3ccco3)no2)cc1)N1CCCC1. The van der Waals surface area contributed by atoms with Crippen molar-refractivity contribution in [2.24, 2.45) is 0 Å². The van der Waals surface area contributed by atoms with E-state index < -0.39 is 0 Å². The van der Waals surface area contributed by atoms with Crippen LogP contribution in [0.4, 0.5) is 5.69 Å². The van der Waals surface area contributed by atoms with Gasteiger partial charge in [0, 0.05) is 24.3 Å². The van der Waals surface area contributed by atoms with Crippen LogP contribution in [-0.4, -0.2) is 34.0 Å². The second-order valence-electron chi connectivity index (χ2n) is 5.92. The van der Waals surface area contributed by atoms with Gasteiger partial charge < -0.3 is 19.2 Å². The summed E-state index contributed by atoms with van der Waals surface area (Å²) < 4.78 is 10.4. The number of hydrogen-bond donors (Lipinski definition) is 1. The molecule has 7 heteroatoms. The van der Waals surface area contributed by atoms with E-state index in [0.717, 1.165) is 31.6 Å². The van der Waals surface area contributed by atoms with Gasteiger partial charge in [0.15, 0.2) is 5.76 Å². The molecule has 0 bridgehead atoms. The van der Waals surface area contributed by atoms with Gasteiger partial charge in [-0.25, -0.2) is 0 Å². The van der Waals surface area contributed by atoms with E-state index in [1.54, 1.807) is 18.4 Å². The number of anilines is 1. The van der Waals surface area contributed by atoms with Gasteiger partial charge in [0.25, 0.3) is 5.91 Å². The zero-order valence-corrected chi connectivity index (χ0v) is 13.6. The summed E-state index contributed by atoms with van der Waals surface area (Å²) in [5, 5.41) is 7.09. The van der Waals surface area contributed by atoms with E-state index in [4.69, 9.17) is 8.94 Å². The molecule has 7 nitrogen and oxygen atoms in total. The summed E-state index contributed by atoms with van der Waals surface area (Å²) in [6.45, 7) is 2.11. The zero-order valence-electron chi connectivity index (χ0n) is 13.6. The van der Waals surface area contributed by atoms with Crippen LogP contribution in [-0.2, 0) is 6.54 Å². The largest absolute Gasteiger partial charge is 0.461 e. The summed E-state index contributed by atoms with van der Waals surface area (Å²) in [6.07, 6.45) is 3.75. The highest BCUT2D eigenvalue weighted by Crippen LogP contribution is 2.18. The van der Waals surface area contributed by atoms with Gasteiger partial charge >= 0.3 is 0 Å². The van der Waals surface area contributed by atoms with Crippen molar-refractivity contribution in [3.8, 4) is 11.6 Å². The van der Waals surface area contributed by atoms with Crippen molar-refractivity contribution < 1.29 is 13.7 Å². The lowest BCUT2D eigenvalue weighted by Gasteiger charge is -2.15. The third-order valence-electron chi connectivity index (χ3n) is 4.18. The van der Waals surface area contributed by atoms with E-state index in [-0.39, 0.29) is 5.91 Å². The second kappa shape index (κ2) is 6.80. The van der Waals surface area contributed by atoms with Crippen molar-refractivity contribution in [2.75, 3.05) is 18.4 Å². The van der Waals surface area contributed by atoms with Crippen LogP contribution >= 0.6 is 0 Å². The number of carbonyl (C=O) groups excluding carboxylic acids is 1. The first-order valence-electron chi connectivity index (χ1n) is 8.29. The molecule has 1 fully saturated rings. The number of aromatic nitrogens is 2. The number of nitrogens with zero attached hydrogens (tertiary/aromatic N) is 3. The van der Waals surface area contributed by atoms with Gasteiger partial charge in [0.2, 0.25) is 11.7 Å². The maximum atomic E-state index is 12.3. The molecule has 3 heterocycles. The van der Waals surface area contributed by atoms with Crippen molar-refractivity contribution in [3.05, 3.63) is 54.1 Å². The van der Waals surface area contributed by atoms with E-state index >= 15 is 0 Å². The molecule has 25 heavy (non-hydrogen) atoms. The second-order valence-corrected chi connectivity index (χ2v) is 5.92. The van der Waals surface area contributed by atoms with Crippen LogP contribution in [0.15, 0.2) is 51.6 Å². The van der Waals surface area contributed by atoms with Gasteiger partial charge in [0.05, 0.1) is 12.8 Å². The van der Waals surface area contributed by atoms with E-state index in [1.165, 1.54) is 0 Å². The quantitative estimate of drug-likeness (QED) is 0.769. The number of nitrogens with one attached hydrogen (secondary N) is 1. The number of amides is 1. The van der Waals surface area contributed by atoms with Gasteiger partial charge in [-0.15, -0.1) is 0 Å². The molecular weight excluding hydrogens is 320 g/mol. The van der Waals surface area contributed by atoms with Gasteiger partial charge in [-0.2, -0.15) is 4.98 Å². The van der Waals surface area contributed by atoms with Crippen molar-refractivity contribution in [2.45, 2.75) is 19.4 Å². The van der Waals surface area contributed by atoms with E-state index in [2.05, 4.69) is 15.5 Å². The van der Waals surface area contributed by atoms with Crippen molar-refractivity contribution in [1.82, 2.24) is 15.0 Å². The maximum absolute atomic E-state index is 12.3. The Kier molecular flexibility index (Phi) is 4.20. The summed E-state index contributed by atoms with van der Waals surface area (Å²) in [4.78, 5) is 18.5. The van der Waals surface area contributed by atoms with Crippen LogP contribution in [0.3, 0.4) is 0 Å². The van der Waals surface area contributed by atoms with Gasteiger partial charge in [0.1, 0.15) is 0 Å². The molecule has 1 aliphatic rings. The summed E-state index contributed by atoms with van der Waals surface area (Å²) >= 11 is 0. The third-order valence-corrected chi connectivity index (χ3v) is 4.18. The number of carbonyl (C=O) groups is 1. The number of benzene rings is 1. The molecule has 0 aliphatic carbocycles. The summed E-state index contributed by atoms with van der Waals surface area (Å²) in [5.74, 6) is 1.56. The summed E-state index contributed by atoms with van der Waals surface area (Å²) in [7, 11) is 0. The molecule has 1 N–H and O–H groups in total. The van der Waals surface area contributed by atoms with E-state index in [0.29, 0.717) is 29.6 Å². The molecule has 2 aromatic heterocycles. The Bertz CT molecular complexity index is 834. The van der Waals surface area contributed by atoms with Crippen molar-refractivity contribution in [3.63, 3.8) is 0 Å². The smallest absolute Gasteiger partial charge is 0.253 e. The van der Waals surface area contributed by atoms with Gasteiger partial charge in [-0.1, -0.05) is 5.16 Å². The first-order valence-corrected chi connectivity index (χ1v) is 8.29. The fourth-order valence-corrected chi connectivity index (χ4v) is 2.84. The zero-order chi connectivity index (χ0) is 17.1. The van der Waals surface area contributed by atoms with E-state index in [9.17, 15) is 4.79 Å². The minimum atomic E-state index is 0.101. The Morgan fingerprint density at radius 2 is 1.96 bits per heavy atom. The normalized spacial score (nSPS) is 14.0. The molecule has 128 valence electrons. The van der Waals surface area contributed by atoms with Gasteiger partial charge in [-0.3, -0.25) is 4.79 Å². The Hall–Kier alpha value is -3.09. The Morgan fingerprint density at radius 3 is 2.68 bits per heavy atom. The minimum Gasteiger partial charge on any atom is -0.461 e. The predicted octanol–water partition coefficient (Wildman–Crippen LogP) is 3.18. The van der Waals surface area contributed by atoms with Crippen molar-refractivity contribution in [1.29, 1.82) is 0 Å². The van der Waals surface area contributed by atoms with Crippen LogP contribution in [0, 0.1) is 0 Å². The standard InChI is InChI=1S/C18H18N4O3/c23-18(22-9-1-2-10-22)13-5-7-14(8-6-13)19-12-16-20-17(21-25-16)15-4-3-11-24-15/h3-8,11,19H,1-2,9-10,12H2. The molecule has 1 saturated heterocycles. The lowest BCUT2D eigenvalue weighted by Crippen LogP contribution is -2.27.